The van der Waals surface area contributed by atoms with Crippen LogP contribution >= 0.6 is 0 Å². The molecule has 0 aromatic carbocycles. The molecule has 0 heterocycles. The molecule has 22 heavy (non-hydrogen) atoms. The summed E-state index contributed by atoms with van der Waals surface area (Å²) in [6.45, 7) is 0. The van der Waals surface area contributed by atoms with Crippen LogP contribution in [0.15, 0.2) is 69.4 Å². The molecule has 118 valence electrons. The zero-order chi connectivity index (χ0) is 16.9. The second-order valence-corrected chi connectivity index (χ2v) is 3.89. The maximum absolute atomic E-state index is 13.5. The first-order chi connectivity index (χ1) is 10.1. The van der Waals surface area contributed by atoms with Gasteiger partial charge in [0.05, 0.1) is 11.1 Å². The minimum absolute atomic E-state index is 2.34. The van der Waals surface area contributed by atoms with Crippen LogP contribution in [0.4, 0.5) is 43.9 Å². The predicted octanol–water partition coefficient (Wildman–Crippen LogP) is 6.06. The fourth-order valence-electron chi connectivity index (χ4n) is 1.65. The molecule has 0 aromatic heterocycles. The van der Waals surface area contributed by atoms with Crippen molar-refractivity contribution in [3.63, 3.8) is 0 Å². The third-order valence-corrected chi connectivity index (χ3v) is 2.67. The molecule has 2 rings (SSSR count). The zero-order valence-electron chi connectivity index (χ0n) is 9.78. The molecule has 0 spiro atoms. The molecule has 0 nitrogen and oxygen atoms in total. The van der Waals surface area contributed by atoms with Crippen LogP contribution in [0.3, 0.4) is 0 Å². The Morgan fingerprint density at radius 3 is 0.682 bits per heavy atom. The van der Waals surface area contributed by atoms with E-state index in [-0.39, 0.29) is 0 Å². The summed E-state index contributed by atoms with van der Waals surface area (Å²) >= 11 is 0. The van der Waals surface area contributed by atoms with E-state index in [0.717, 1.165) is 0 Å². The van der Waals surface area contributed by atoms with E-state index >= 15 is 0 Å². The predicted molar refractivity (Wildman–Crippen MR) is 53.2 cm³/mol. The Labute approximate surface area is 114 Å². The average Bonchev–Trinajstić information content (AvgIpc) is 2.60. The van der Waals surface area contributed by atoms with Crippen LogP contribution in [0.25, 0.3) is 0 Å². The van der Waals surface area contributed by atoms with Gasteiger partial charge in [-0.1, -0.05) is 0 Å². The summed E-state index contributed by atoms with van der Waals surface area (Å²) in [4.78, 5) is 0. The van der Waals surface area contributed by atoms with Gasteiger partial charge in [-0.25, -0.2) is 43.9 Å². The second-order valence-electron chi connectivity index (χ2n) is 3.89. The molecule has 0 saturated heterocycles. The topological polar surface area (TPSA) is 0 Å². The molecule has 0 fully saturated rings. The van der Waals surface area contributed by atoms with Crippen molar-refractivity contribution in [1.29, 1.82) is 0 Å². The summed E-state index contributed by atoms with van der Waals surface area (Å²) in [5, 5.41) is 0. The minimum Gasteiger partial charge on any atom is -0.203 e. The van der Waals surface area contributed by atoms with Gasteiger partial charge in [-0.2, -0.15) is 0 Å². The molecule has 0 aliphatic heterocycles. The highest BCUT2D eigenvalue weighted by Crippen LogP contribution is 2.48. The molecule has 0 unspecified atom stereocenters. The molecular formula is C12F10. The highest BCUT2D eigenvalue weighted by atomic mass is 19.2. The van der Waals surface area contributed by atoms with Crippen molar-refractivity contribution >= 4 is 0 Å². The lowest BCUT2D eigenvalue weighted by Gasteiger charge is -2.07. The normalized spacial score (nSPS) is 21.0. The van der Waals surface area contributed by atoms with E-state index < -0.39 is 69.4 Å². The first kappa shape index (κ1) is 16.1. The Balaban J connectivity index is 3.08. The van der Waals surface area contributed by atoms with Gasteiger partial charge in [-0.05, 0) is 0 Å². The summed E-state index contributed by atoms with van der Waals surface area (Å²) < 4.78 is 133. The smallest absolute Gasteiger partial charge is 0.200 e. The van der Waals surface area contributed by atoms with E-state index in [1.165, 1.54) is 0 Å². The van der Waals surface area contributed by atoms with Crippen molar-refractivity contribution in [2.75, 3.05) is 0 Å². The molecule has 0 atom stereocenters. The first-order valence-corrected chi connectivity index (χ1v) is 5.14. The lowest BCUT2D eigenvalue weighted by atomic mass is 10.0. The Morgan fingerprint density at radius 2 is 0.409 bits per heavy atom. The third kappa shape index (κ3) is 2.01. The molecule has 0 bridgehead atoms. The monoisotopic (exact) mass is 334 g/mol. The summed E-state index contributed by atoms with van der Waals surface area (Å²) in [5.74, 6) is -28.1. The van der Waals surface area contributed by atoms with Crippen molar-refractivity contribution in [1.82, 2.24) is 0 Å². The van der Waals surface area contributed by atoms with Crippen LogP contribution in [0.2, 0.25) is 0 Å². The van der Waals surface area contributed by atoms with E-state index in [1.807, 2.05) is 0 Å². The highest BCUT2D eigenvalue weighted by molar-refractivity contribution is 5.66. The van der Waals surface area contributed by atoms with Crippen molar-refractivity contribution in [3.05, 3.63) is 69.4 Å². The highest BCUT2D eigenvalue weighted by Gasteiger charge is 2.40. The van der Waals surface area contributed by atoms with Crippen LogP contribution in [0.1, 0.15) is 0 Å². The van der Waals surface area contributed by atoms with Gasteiger partial charge < -0.3 is 0 Å². The Bertz CT molecular complexity index is 706. The van der Waals surface area contributed by atoms with Crippen LogP contribution in [-0.2, 0) is 0 Å². The third-order valence-electron chi connectivity index (χ3n) is 2.67. The fourth-order valence-corrected chi connectivity index (χ4v) is 1.65. The van der Waals surface area contributed by atoms with Gasteiger partial charge in [0.1, 0.15) is 0 Å². The summed E-state index contributed by atoms with van der Waals surface area (Å²) in [7, 11) is 0. The number of halogens is 10. The van der Waals surface area contributed by atoms with E-state index in [1.54, 1.807) is 0 Å². The van der Waals surface area contributed by atoms with Crippen molar-refractivity contribution in [2.45, 2.75) is 0 Å². The average molecular weight is 334 g/mol. The minimum atomic E-state index is -2.84. The maximum Gasteiger partial charge on any atom is 0.200 e. The van der Waals surface area contributed by atoms with Crippen LogP contribution in [-0.4, -0.2) is 0 Å². The SMILES string of the molecule is FC1=C(F)C(F)=C2C(F)=C(F)C(F)=C(F)C(F)=C2C(F)=C1F. The lowest BCUT2D eigenvalue weighted by Crippen LogP contribution is -1.98. The molecule has 0 radical (unpaired) electrons. The largest absolute Gasteiger partial charge is 0.203 e. The van der Waals surface area contributed by atoms with Crippen LogP contribution in [0.5, 0.6) is 0 Å². The molecule has 2 aliphatic rings. The van der Waals surface area contributed by atoms with Gasteiger partial charge in [0.15, 0.2) is 46.6 Å². The second kappa shape index (κ2) is 5.18. The molecule has 0 amide bonds. The maximum atomic E-state index is 13.5. The quantitative estimate of drug-likeness (QED) is 0.472. The fraction of sp³-hybridized carbons (Fsp3) is 0. The van der Waals surface area contributed by atoms with Crippen LogP contribution < -0.4 is 0 Å². The van der Waals surface area contributed by atoms with Gasteiger partial charge in [0.2, 0.25) is 11.7 Å². The number of rotatable bonds is 0. The number of hydrogen-bond acceptors (Lipinski definition) is 0. The van der Waals surface area contributed by atoms with Crippen molar-refractivity contribution in [2.24, 2.45) is 0 Å². The Hall–Kier alpha value is -2.26. The van der Waals surface area contributed by atoms with Gasteiger partial charge in [-0.15, -0.1) is 0 Å². The lowest BCUT2D eigenvalue weighted by molar-refractivity contribution is 0.447. The van der Waals surface area contributed by atoms with Gasteiger partial charge in [0.25, 0.3) is 0 Å². The zero-order valence-corrected chi connectivity index (χ0v) is 9.78. The molecule has 10 heteroatoms. The van der Waals surface area contributed by atoms with Gasteiger partial charge >= 0.3 is 0 Å². The van der Waals surface area contributed by atoms with E-state index in [2.05, 4.69) is 0 Å². The number of allylic oxidation sites excluding steroid dienone is 12. The Morgan fingerprint density at radius 1 is 0.227 bits per heavy atom. The van der Waals surface area contributed by atoms with Crippen LogP contribution in [0, 0.1) is 0 Å². The Kier molecular flexibility index (Phi) is 3.80. The summed E-state index contributed by atoms with van der Waals surface area (Å²) in [6.07, 6.45) is 0. The molecule has 0 aromatic rings. The molecule has 0 saturated carbocycles. The summed E-state index contributed by atoms with van der Waals surface area (Å²) in [6, 6.07) is 0. The van der Waals surface area contributed by atoms with Gasteiger partial charge in [0, 0.05) is 0 Å². The molecular weight excluding hydrogens is 334 g/mol. The number of hydrogen-bond donors (Lipinski definition) is 0. The van der Waals surface area contributed by atoms with Crippen molar-refractivity contribution in [3.8, 4) is 0 Å². The van der Waals surface area contributed by atoms with Gasteiger partial charge in [-0.3, -0.25) is 0 Å². The first-order valence-electron chi connectivity index (χ1n) is 5.14. The standard InChI is InChI=1S/C12F10/c13-3-1-2(5(15)9(19)11(21)7(3)17)6(16)10(20)12(22)8(18)4(1)14. The van der Waals surface area contributed by atoms with E-state index in [9.17, 15) is 43.9 Å². The van der Waals surface area contributed by atoms with Crippen molar-refractivity contribution < 1.29 is 43.9 Å². The molecule has 0 N–H and O–H groups in total. The van der Waals surface area contributed by atoms with E-state index in [0.29, 0.717) is 0 Å². The number of fused-ring (bicyclic) bond motifs is 1. The summed E-state index contributed by atoms with van der Waals surface area (Å²) in [5.41, 5.74) is -4.67. The molecule has 2 aliphatic carbocycles. The van der Waals surface area contributed by atoms with E-state index in [4.69, 9.17) is 0 Å².